The third-order valence-electron chi connectivity index (χ3n) is 4.28. The molecule has 0 heterocycles. The first kappa shape index (κ1) is 19.0. The number of hydrogen-bond acceptors (Lipinski definition) is 2. The average molecular weight is 359 g/mol. The van der Waals surface area contributed by atoms with E-state index in [1.807, 2.05) is 43.3 Å². The monoisotopic (exact) mass is 358 g/mol. The third-order valence-corrected chi connectivity index (χ3v) is 4.54. The lowest BCUT2D eigenvalue weighted by atomic mass is 10.1. The Kier molecular flexibility index (Phi) is 6.59. The topological polar surface area (TPSA) is 49.4 Å². The SMILES string of the molecule is CNC(=O)[C@H](C)N(Cc1ccccc1C)C(=O)Cc1ccc(Cl)cc1. The van der Waals surface area contributed by atoms with Gasteiger partial charge in [0.2, 0.25) is 11.8 Å². The van der Waals surface area contributed by atoms with Gasteiger partial charge in [-0.3, -0.25) is 9.59 Å². The van der Waals surface area contributed by atoms with Gasteiger partial charge in [0.05, 0.1) is 6.42 Å². The van der Waals surface area contributed by atoms with Crippen LogP contribution in [-0.2, 0) is 22.6 Å². The Morgan fingerprint density at radius 1 is 1.12 bits per heavy atom. The van der Waals surface area contributed by atoms with Crippen LogP contribution < -0.4 is 5.32 Å². The Morgan fingerprint density at radius 2 is 1.76 bits per heavy atom. The molecule has 0 aromatic heterocycles. The van der Waals surface area contributed by atoms with E-state index in [1.165, 1.54) is 0 Å². The van der Waals surface area contributed by atoms with Crippen molar-refractivity contribution < 1.29 is 9.59 Å². The Balaban J connectivity index is 2.23. The number of hydrogen-bond donors (Lipinski definition) is 1. The highest BCUT2D eigenvalue weighted by Crippen LogP contribution is 2.16. The lowest BCUT2D eigenvalue weighted by molar-refractivity contribution is -0.139. The molecule has 0 spiro atoms. The summed E-state index contributed by atoms with van der Waals surface area (Å²) < 4.78 is 0. The van der Waals surface area contributed by atoms with E-state index < -0.39 is 6.04 Å². The van der Waals surface area contributed by atoms with E-state index in [9.17, 15) is 9.59 Å². The van der Waals surface area contributed by atoms with Crippen molar-refractivity contribution >= 4 is 23.4 Å². The summed E-state index contributed by atoms with van der Waals surface area (Å²) in [6, 6.07) is 14.5. The average Bonchev–Trinajstić information content (AvgIpc) is 2.61. The summed E-state index contributed by atoms with van der Waals surface area (Å²) in [4.78, 5) is 26.6. The molecule has 0 bridgehead atoms. The number of carbonyl (C=O) groups excluding carboxylic acids is 2. The minimum atomic E-state index is -0.551. The molecular formula is C20H23ClN2O2. The van der Waals surface area contributed by atoms with E-state index in [2.05, 4.69) is 5.32 Å². The summed E-state index contributed by atoms with van der Waals surface area (Å²) in [5, 5.41) is 3.25. The molecule has 0 radical (unpaired) electrons. The molecule has 4 nitrogen and oxygen atoms in total. The van der Waals surface area contributed by atoms with Gasteiger partial charge in [-0.25, -0.2) is 0 Å². The molecule has 5 heteroatoms. The van der Waals surface area contributed by atoms with Crippen LogP contribution in [0, 0.1) is 6.92 Å². The third kappa shape index (κ3) is 5.07. The normalized spacial score (nSPS) is 11.7. The van der Waals surface area contributed by atoms with Gasteiger partial charge in [-0.15, -0.1) is 0 Å². The summed E-state index contributed by atoms with van der Waals surface area (Å²) in [7, 11) is 1.58. The van der Waals surface area contributed by atoms with Gasteiger partial charge in [0, 0.05) is 18.6 Å². The first-order chi connectivity index (χ1) is 11.9. The second-order valence-corrected chi connectivity index (χ2v) is 6.48. The highest BCUT2D eigenvalue weighted by atomic mass is 35.5. The van der Waals surface area contributed by atoms with Gasteiger partial charge < -0.3 is 10.2 Å². The van der Waals surface area contributed by atoms with Gasteiger partial charge in [-0.05, 0) is 42.7 Å². The number of halogens is 1. The summed E-state index contributed by atoms with van der Waals surface area (Å²) in [6.07, 6.45) is 0.227. The number of carbonyl (C=O) groups is 2. The van der Waals surface area contributed by atoms with E-state index in [0.717, 1.165) is 16.7 Å². The minimum absolute atomic E-state index is 0.0957. The molecule has 2 aromatic carbocycles. The van der Waals surface area contributed by atoms with Crippen molar-refractivity contribution in [2.45, 2.75) is 32.9 Å². The second kappa shape index (κ2) is 8.67. The maximum atomic E-state index is 12.9. The fraction of sp³-hybridized carbons (Fsp3) is 0.300. The molecule has 0 fully saturated rings. The van der Waals surface area contributed by atoms with Crippen molar-refractivity contribution in [3.05, 3.63) is 70.2 Å². The van der Waals surface area contributed by atoms with Crippen molar-refractivity contribution in [1.29, 1.82) is 0 Å². The first-order valence-electron chi connectivity index (χ1n) is 8.22. The van der Waals surface area contributed by atoms with Gasteiger partial charge in [0.1, 0.15) is 6.04 Å². The van der Waals surface area contributed by atoms with Gasteiger partial charge in [0.15, 0.2) is 0 Å². The zero-order chi connectivity index (χ0) is 18.4. The summed E-state index contributed by atoms with van der Waals surface area (Å²) in [5.74, 6) is -0.278. The Bertz CT molecular complexity index is 744. The predicted octanol–water partition coefficient (Wildman–Crippen LogP) is 3.35. The Labute approximate surface area is 153 Å². The van der Waals surface area contributed by atoms with Crippen LogP contribution in [0.25, 0.3) is 0 Å². The molecule has 1 atom stereocenters. The maximum Gasteiger partial charge on any atom is 0.242 e. The molecule has 0 saturated heterocycles. The van der Waals surface area contributed by atoms with Crippen LogP contribution in [-0.4, -0.2) is 29.8 Å². The molecule has 2 rings (SSSR count). The highest BCUT2D eigenvalue weighted by molar-refractivity contribution is 6.30. The molecule has 2 aromatic rings. The molecule has 0 saturated carbocycles. The second-order valence-electron chi connectivity index (χ2n) is 6.04. The van der Waals surface area contributed by atoms with E-state index >= 15 is 0 Å². The van der Waals surface area contributed by atoms with Crippen molar-refractivity contribution in [3.8, 4) is 0 Å². The van der Waals surface area contributed by atoms with Crippen molar-refractivity contribution in [3.63, 3.8) is 0 Å². The summed E-state index contributed by atoms with van der Waals surface area (Å²) in [6.45, 7) is 4.15. The molecule has 132 valence electrons. The van der Waals surface area contributed by atoms with Crippen LogP contribution in [0.5, 0.6) is 0 Å². The van der Waals surface area contributed by atoms with E-state index in [4.69, 9.17) is 11.6 Å². The fourth-order valence-electron chi connectivity index (χ4n) is 2.64. The number of rotatable bonds is 6. The van der Waals surface area contributed by atoms with Gasteiger partial charge in [-0.2, -0.15) is 0 Å². The molecule has 0 unspecified atom stereocenters. The van der Waals surface area contributed by atoms with Crippen molar-refractivity contribution in [2.24, 2.45) is 0 Å². The van der Waals surface area contributed by atoms with Crippen LogP contribution in [0.15, 0.2) is 48.5 Å². The zero-order valence-electron chi connectivity index (χ0n) is 14.8. The maximum absolute atomic E-state index is 12.9. The van der Waals surface area contributed by atoms with Crippen LogP contribution >= 0.6 is 11.6 Å². The lowest BCUT2D eigenvalue weighted by Crippen LogP contribution is -2.47. The van der Waals surface area contributed by atoms with Gasteiger partial charge in [-0.1, -0.05) is 48.0 Å². The summed E-state index contributed by atoms with van der Waals surface area (Å²) >= 11 is 5.90. The fourth-order valence-corrected chi connectivity index (χ4v) is 2.77. The molecule has 0 aliphatic carbocycles. The number of nitrogens with one attached hydrogen (secondary N) is 1. The molecule has 25 heavy (non-hydrogen) atoms. The van der Waals surface area contributed by atoms with E-state index in [0.29, 0.717) is 11.6 Å². The zero-order valence-corrected chi connectivity index (χ0v) is 15.5. The number of nitrogens with zero attached hydrogens (tertiary/aromatic N) is 1. The van der Waals surface area contributed by atoms with Crippen LogP contribution in [0.1, 0.15) is 23.6 Å². The quantitative estimate of drug-likeness (QED) is 0.860. The molecule has 0 aliphatic heterocycles. The minimum Gasteiger partial charge on any atom is -0.357 e. The first-order valence-corrected chi connectivity index (χ1v) is 8.60. The van der Waals surface area contributed by atoms with Crippen molar-refractivity contribution in [1.82, 2.24) is 10.2 Å². The standard InChI is InChI=1S/C20H23ClN2O2/c1-14-6-4-5-7-17(14)13-23(15(2)20(25)22-3)19(24)12-16-8-10-18(21)11-9-16/h4-11,15H,12-13H2,1-3H3,(H,22,25)/t15-/m0/s1. The molecule has 2 amide bonds. The van der Waals surface area contributed by atoms with Crippen molar-refractivity contribution in [2.75, 3.05) is 7.05 Å². The van der Waals surface area contributed by atoms with Gasteiger partial charge >= 0.3 is 0 Å². The van der Waals surface area contributed by atoms with E-state index in [1.54, 1.807) is 31.0 Å². The van der Waals surface area contributed by atoms with Gasteiger partial charge in [0.25, 0.3) is 0 Å². The van der Waals surface area contributed by atoms with Crippen LogP contribution in [0.3, 0.4) is 0 Å². The molecular weight excluding hydrogens is 336 g/mol. The van der Waals surface area contributed by atoms with Crippen LogP contribution in [0.4, 0.5) is 0 Å². The predicted molar refractivity (Wildman–Crippen MR) is 100 cm³/mol. The number of aryl methyl sites for hydroxylation is 1. The molecule has 1 N–H and O–H groups in total. The number of likely N-dealkylation sites (N-methyl/N-ethyl adjacent to an activating group) is 1. The Hall–Kier alpha value is -2.33. The summed E-state index contributed by atoms with van der Waals surface area (Å²) in [5.41, 5.74) is 2.99. The Morgan fingerprint density at radius 3 is 2.36 bits per heavy atom. The number of amides is 2. The highest BCUT2D eigenvalue weighted by Gasteiger charge is 2.25. The molecule has 0 aliphatic rings. The largest absolute Gasteiger partial charge is 0.357 e. The van der Waals surface area contributed by atoms with Crippen LogP contribution in [0.2, 0.25) is 5.02 Å². The number of benzene rings is 2. The van der Waals surface area contributed by atoms with E-state index in [-0.39, 0.29) is 18.2 Å². The lowest BCUT2D eigenvalue weighted by Gasteiger charge is -2.29. The smallest absolute Gasteiger partial charge is 0.242 e.